The summed E-state index contributed by atoms with van der Waals surface area (Å²) < 4.78 is 6.20. The number of carbonyl (C=O) groups excluding carboxylic acids is 2. The van der Waals surface area contributed by atoms with E-state index in [-0.39, 0.29) is 36.6 Å². The molecule has 0 aromatic heterocycles. The molecule has 0 spiro atoms. The average Bonchev–Trinajstić information content (AvgIpc) is 3.06. The third kappa shape index (κ3) is 2.67. The van der Waals surface area contributed by atoms with Crippen LogP contribution in [0.3, 0.4) is 0 Å². The smallest absolute Gasteiger partial charge is 0.311 e. The number of esters is 1. The van der Waals surface area contributed by atoms with Gasteiger partial charge in [0.25, 0.3) is 0 Å². The second kappa shape index (κ2) is 6.30. The van der Waals surface area contributed by atoms with Crippen molar-refractivity contribution in [1.82, 2.24) is 0 Å². The van der Waals surface area contributed by atoms with Gasteiger partial charge >= 0.3 is 5.97 Å². The number of aliphatic hydroxyl groups excluding tert-OH is 1. The number of hydrogen-bond acceptors (Lipinski definition) is 6. The van der Waals surface area contributed by atoms with Crippen LogP contribution in [-0.4, -0.2) is 50.5 Å². The highest BCUT2D eigenvalue weighted by Gasteiger charge is 2.83. The predicted octanol–water partition coefficient (Wildman–Crippen LogP) is 2.56. The molecule has 0 radical (unpaired) electrons. The zero-order valence-corrected chi connectivity index (χ0v) is 19.7. The fraction of sp³-hybridized carbons (Fsp3) is 0.760. The fourth-order valence-electron chi connectivity index (χ4n) is 6.92. The van der Waals surface area contributed by atoms with Gasteiger partial charge in [-0.05, 0) is 51.2 Å². The van der Waals surface area contributed by atoms with Crippen LogP contribution in [0.15, 0.2) is 23.3 Å². The van der Waals surface area contributed by atoms with E-state index in [0.29, 0.717) is 17.6 Å². The summed E-state index contributed by atoms with van der Waals surface area (Å²) in [5.74, 6) is -2.42. The first-order chi connectivity index (χ1) is 14.1. The lowest BCUT2D eigenvalue weighted by molar-refractivity contribution is -0.191. The highest BCUT2D eigenvalue weighted by atomic mass is 16.6. The predicted molar refractivity (Wildman–Crippen MR) is 115 cm³/mol. The molecular weight excluding hydrogens is 396 g/mol. The van der Waals surface area contributed by atoms with Crippen molar-refractivity contribution in [2.45, 2.75) is 78.1 Å². The topological polar surface area (TPSA) is 104 Å². The summed E-state index contributed by atoms with van der Waals surface area (Å²) >= 11 is 0. The summed E-state index contributed by atoms with van der Waals surface area (Å²) in [5, 5.41) is 33.8. The van der Waals surface area contributed by atoms with E-state index in [2.05, 4.69) is 13.8 Å². The van der Waals surface area contributed by atoms with E-state index >= 15 is 0 Å². The molecule has 4 rings (SSSR count). The molecule has 172 valence electrons. The van der Waals surface area contributed by atoms with Crippen molar-refractivity contribution in [1.29, 1.82) is 0 Å². The number of carbonyl (C=O) groups is 2. The van der Waals surface area contributed by atoms with Gasteiger partial charge in [0.05, 0.1) is 17.6 Å². The van der Waals surface area contributed by atoms with Crippen LogP contribution < -0.4 is 0 Å². The van der Waals surface area contributed by atoms with Crippen LogP contribution in [0.5, 0.6) is 0 Å². The van der Waals surface area contributed by atoms with Crippen molar-refractivity contribution in [3.05, 3.63) is 23.3 Å². The summed E-state index contributed by atoms with van der Waals surface area (Å²) in [6.07, 6.45) is 4.01. The maximum Gasteiger partial charge on any atom is 0.311 e. The minimum atomic E-state index is -1.77. The molecular formula is C25H36O6. The van der Waals surface area contributed by atoms with Crippen LogP contribution >= 0.6 is 0 Å². The van der Waals surface area contributed by atoms with E-state index in [1.165, 1.54) is 0 Å². The van der Waals surface area contributed by atoms with Crippen molar-refractivity contribution in [3.63, 3.8) is 0 Å². The number of fused-ring (bicyclic) bond motifs is 5. The van der Waals surface area contributed by atoms with Crippen molar-refractivity contribution in [2.24, 2.45) is 34.5 Å². The van der Waals surface area contributed by atoms with Gasteiger partial charge in [0.15, 0.2) is 5.78 Å². The molecule has 0 bridgehead atoms. The third-order valence-corrected chi connectivity index (χ3v) is 8.76. The number of hydrogen-bond donors (Lipinski definition) is 3. The minimum Gasteiger partial charge on any atom is -0.458 e. The summed E-state index contributed by atoms with van der Waals surface area (Å²) in [6.45, 7) is 12.9. The van der Waals surface area contributed by atoms with Gasteiger partial charge in [-0.1, -0.05) is 32.9 Å². The molecule has 3 N–H and O–H groups in total. The normalized spacial score (nSPS) is 45.5. The Balaban J connectivity index is 1.85. The Kier molecular flexibility index (Phi) is 4.61. The Morgan fingerprint density at radius 2 is 1.84 bits per heavy atom. The average molecular weight is 433 g/mol. The van der Waals surface area contributed by atoms with Gasteiger partial charge in [-0.2, -0.15) is 0 Å². The fourth-order valence-corrected chi connectivity index (χ4v) is 6.92. The van der Waals surface area contributed by atoms with E-state index in [9.17, 15) is 24.9 Å². The molecule has 4 aliphatic carbocycles. The van der Waals surface area contributed by atoms with Crippen molar-refractivity contribution in [3.8, 4) is 0 Å². The molecule has 2 fully saturated rings. The maximum absolute atomic E-state index is 12.9. The summed E-state index contributed by atoms with van der Waals surface area (Å²) in [5.41, 5.74) is -3.95. The van der Waals surface area contributed by atoms with Gasteiger partial charge in [0.1, 0.15) is 11.2 Å². The second-order valence-electron chi connectivity index (χ2n) is 12.0. The van der Waals surface area contributed by atoms with E-state index in [1.807, 2.05) is 33.8 Å². The Bertz CT molecular complexity index is 907. The monoisotopic (exact) mass is 432 g/mol. The number of ketones is 1. The molecule has 0 saturated heterocycles. The standard InChI is InChI=1S/C25H36O6/c1-13-8-17-23(29,19(13)27)11-15(12-26)9-16-18-22(6,7)24(18,10-14(2)25(16,17)30)31-20(28)21(3,4)5/h8-9,14,16-18,26,29-30H,10-12H2,1-7H3/t14-,16+,17-,18-,23-,24+,25-/m1/s1. The van der Waals surface area contributed by atoms with Crippen LogP contribution in [0, 0.1) is 34.5 Å². The quantitative estimate of drug-likeness (QED) is 0.458. The lowest BCUT2D eigenvalue weighted by Gasteiger charge is -2.50. The molecule has 0 unspecified atom stereocenters. The van der Waals surface area contributed by atoms with Crippen LogP contribution in [-0.2, 0) is 14.3 Å². The van der Waals surface area contributed by atoms with E-state index in [0.717, 1.165) is 0 Å². The van der Waals surface area contributed by atoms with Crippen LogP contribution in [0.2, 0.25) is 0 Å². The van der Waals surface area contributed by atoms with Crippen molar-refractivity contribution >= 4 is 11.8 Å². The minimum absolute atomic E-state index is 0.00566. The molecule has 6 heteroatoms. The molecule has 2 saturated carbocycles. The molecule has 7 atom stereocenters. The van der Waals surface area contributed by atoms with E-state index < -0.39 is 39.5 Å². The van der Waals surface area contributed by atoms with Crippen LogP contribution in [0.1, 0.15) is 61.3 Å². The zero-order chi connectivity index (χ0) is 23.4. The maximum atomic E-state index is 12.9. The summed E-state index contributed by atoms with van der Waals surface area (Å²) in [4.78, 5) is 25.8. The molecule has 6 nitrogen and oxygen atoms in total. The van der Waals surface area contributed by atoms with E-state index in [4.69, 9.17) is 4.74 Å². The van der Waals surface area contributed by atoms with Crippen LogP contribution in [0.25, 0.3) is 0 Å². The Hall–Kier alpha value is -1.50. The molecule has 0 aromatic rings. The lowest BCUT2D eigenvalue weighted by atomic mass is 9.60. The molecule has 0 aliphatic heterocycles. The number of aliphatic hydroxyl groups is 3. The molecule has 4 aliphatic rings. The van der Waals surface area contributed by atoms with E-state index in [1.54, 1.807) is 13.0 Å². The first kappa shape index (κ1) is 22.7. The van der Waals surface area contributed by atoms with Crippen LogP contribution in [0.4, 0.5) is 0 Å². The molecule has 0 aromatic carbocycles. The van der Waals surface area contributed by atoms with Gasteiger partial charge in [0.2, 0.25) is 0 Å². The van der Waals surface area contributed by atoms with Gasteiger partial charge in [0, 0.05) is 29.6 Å². The Morgan fingerprint density at radius 3 is 2.39 bits per heavy atom. The largest absolute Gasteiger partial charge is 0.458 e. The number of rotatable bonds is 2. The Labute approximate surface area is 184 Å². The second-order valence-corrected chi connectivity index (χ2v) is 12.0. The van der Waals surface area contributed by atoms with Gasteiger partial charge in [-0.15, -0.1) is 0 Å². The lowest BCUT2D eigenvalue weighted by Crippen LogP contribution is -2.61. The SMILES string of the molecule is CC1=C[C@H]2[C@@]3(O)[C@H](C)C[C@]4(OC(=O)C(C)(C)C)[C@H]([C@@H]3C=C(CO)C[C@]2(O)C1=O)C4(C)C. The zero-order valence-electron chi connectivity index (χ0n) is 19.7. The molecule has 0 amide bonds. The highest BCUT2D eigenvalue weighted by molar-refractivity contribution is 6.04. The molecule has 31 heavy (non-hydrogen) atoms. The van der Waals surface area contributed by atoms with Gasteiger partial charge in [-0.25, -0.2) is 0 Å². The molecule has 0 heterocycles. The Morgan fingerprint density at radius 1 is 1.23 bits per heavy atom. The highest BCUT2D eigenvalue weighted by Crippen LogP contribution is 2.76. The number of ether oxygens (including phenoxy) is 1. The first-order valence-electron chi connectivity index (χ1n) is 11.3. The van der Waals surface area contributed by atoms with Crippen molar-refractivity contribution < 1.29 is 29.6 Å². The summed E-state index contributed by atoms with van der Waals surface area (Å²) in [6, 6.07) is 0. The number of Topliss-reactive ketones (excluding diaryl/α,β-unsaturated/α-hetero) is 1. The first-order valence-corrected chi connectivity index (χ1v) is 11.3. The van der Waals surface area contributed by atoms with Crippen molar-refractivity contribution in [2.75, 3.05) is 6.61 Å². The summed E-state index contributed by atoms with van der Waals surface area (Å²) in [7, 11) is 0. The third-order valence-electron chi connectivity index (χ3n) is 8.76. The van der Waals surface area contributed by atoms with Gasteiger partial charge in [-0.3, -0.25) is 9.59 Å². The van der Waals surface area contributed by atoms with Gasteiger partial charge < -0.3 is 20.1 Å².